The molecule has 1 aliphatic rings. The number of fused-ring (bicyclic) bond motifs is 1. The summed E-state index contributed by atoms with van der Waals surface area (Å²) < 4.78 is 27.7. The van der Waals surface area contributed by atoms with Crippen LogP contribution in [0.15, 0.2) is 65.7 Å². The zero-order chi connectivity index (χ0) is 20.4. The Hall–Kier alpha value is -2.77. The number of sulfonamides is 1. The minimum absolute atomic E-state index is 0.0325. The molecule has 0 spiro atoms. The van der Waals surface area contributed by atoms with Gasteiger partial charge in [-0.1, -0.05) is 30.7 Å². The zero-order valence-corrected chi connectivity index (χ0v) is 17.0. The minimum Gasteiger partial charge on any atom is -0.321 e. The molecule has 0 saturated carbocycles. The molecule has 4 rings (SSSR count). The van der Waals surface area contributed by atoms with Gasteiger partial charge in [-0.3, -0.25) is 9.78 Å². The molecular formula is C22H23N3O3S. The molecule has 2 aromatic carbocycles. The van der Waals surface area contributed by atoms with Gasteiger partial charge in [0.05, 0.1) is 22.3 Å². The van der Waals surface area contributed by atoms with Gasteiger partial charge in [-0.2, -0.15) is 4.31 Å². The lowest BCUT2D eigenvalue weighted by molar-refractivity contribution is 0.102. The average molecular weight is 410 g/mol. The number of pyridine rings is 1. The first-order valence-corrected chi connectivity index (χ1v) is 11.2. The van der Waals surface area contributed by atoms with E-state index in [-0.39, 0.29) is 16.8 Å². The normalized spacial score (nSPS) is 17.9. The third kappa shape index (κ3) is 4.02. The molecule has 1 N–H and O–H groups in total. The summed E-state index contributed by atoms with van der Waals surface area (Å²) in [6.07, 6.45) is 4.35. The van der Waals surface area contributed by atoms with Crippen molar-refractivity contribution < 1.29 is 13.2 Å². The van der Waals surface area contributed by atoms with Crippen molar-refractivity contribution in [3.63, 3.8) is 0 Å². The second-order valence-electron chi connectivity index (χ2n) is 7.36. The van der Waals surface area contributed by atoms with Gasteiger partial charge in [0.2, 0.25) is 10.0 Å². The van der Waals surface area contributed by atoms with Crippen LogP contribution < -0.4 is 5.32 Å². The number of benzene rings is 2. The van der Waals surface area contributed by atoms with Crippen molar-refractivity contribution in [2.75, 3.05) is 11.9 Å². The van der Waals surface area contributed by atoms with Gasteiger partial charge >= 0.3 is 0 Å². The van der Waals surface area contributed by atoms with Gasteiger partial charge in [0.1, 0.15) is 0 Å². The Morgan fingerprint density at radius 2 is 1.93 bits per heavy atom. The summed E-state index contributed by atoms with van der Waals surface area (Å²) >= 11 is 0. The Morgan fingerprint density at radius 1 is 1.10 bits per heavy atom. The van der Waals surface area contributed by atoms with Crippen LogP contribution in [0.4, 0.5) is 5.69 Å². The molecule has 1 saturated heterocycles. The van der Waals surface area contributed by atoms with Crippen molar-refractivity contribution in [3.8, 4) is 0 Å². The molecule has 0 bridgehead atoms. The predicted molar refractivity (Wildman–Crippen MR) is 113 cm³/mol. The number of aromatic nitrogens is 1. The zero-order valence-electron chi connectivity index (χ0n) is 16.2. The number of rotatable bonds is 4. The third-order valence-electron chi connectivity index (χ3n) is 5.29. The van der Waals surface area contributed by atoms with E-state index in [1.807, 2.05) is 37.3 Å². The monoisotopic (exact) mass is 409 g/mol. The van der Waals surface area contributed by atoms with Gasteiger partial charge in [0, 0.05) is 23.5 Å². The number of para-hydroxylation sites is 1. The highest BCUT2D eigenvalue weighted by molar-refractivity contribution is 7.89. The number of amides is 1. The maximum Gasteiger partial charge on any atom is 0.255 e. The molecule has 3 aromatic rings. The van der Waals surface area contributed by atoms with Gasteiger partial charge in [-0.25, -0.2) is 8.42 Å². The molecule has 2 heterocycles. The van der Waals surface area contributed by atoms with E-state index in [9.17, 15) is 13.2 Å². The highest BCUT2D eigenvalue weighted by Crippen LogP contribution is 2.26. The van der Waals surface area contributed by atoms with E-state index >= 15 is 0 Å². The van der Waals surface area contributed by atoms with Crippen LogP contribution in [0, 0.1) is 0 Å². The Bertz CT molecular complexity index is 1160. The Balaban J connectivity index is 1.58. The molecule has 6 nitrogen and oxygen atoms in total. The smallest absolute Gasteiger partial charge is 0.255 e. The number of carbonyl (C=O) groups excluding carboxylic acids is 1. The van der Waals surface area contributed by atoms with E-state index in [1.165, 1.54) is 6.07 Å². The summed E-state index contributed by atoms with van der Waals surface area (Å²) in [6, 6.07) is 15.7. The first kappa shape index (κ1) is 19.5. The summed E-state index contributed by atoms with van der Waals surface area (Å²) in [5.41, 5.74) is 1.70. The van der Waals surface area contributed by atoms with E-state index in [0.717, 1.165) is 30.2 Å². The highest BCUT2D eigenvalue weighted by Gasteiger charge is 2.31. The van der Waals surface area contributed by atoms with Crippen molar-refractivity contribution in [2.45, 2.75) is 37.1 Å². The van der Waals surface area contributed by atoms with E-state index < -0.39 is 10.0 Å². The predicted octanol–water partition coefficient (Wildman–Crippen LogP) is 4.05. The van der Waals surface area contributed by atoms with Crippen molar-refractivity contribution in [1.29, 1.82) is 0 Å². The van der Waals surface area contributed by atoms with Crippen molar-refractivity contribution in [3.05, 3.63) is 66.4 Å². The largest absolute Gasteiger partial charge is 0.321 e. The summed E-state index contributed by atoms with van der Waals surface area (Å²) in [5.74, 6) is -0.370. The van der Waals surface area contributed by atoms with Gasteiger partial charge in [-0.15, -0.1) is 0 Å². The number of hydrogen-bond acceptors (Lipinski definition) is 4. The van der Waals surface area contributed by atoms with Crippen LogP contribution in [0.1, 0.15) is 36.5 Å². The molecule has 7 heteroatoms. The fourth-order valence-corrected chi connectivity index (χ4v) is 5.45. The fraction of sp³-hybridized carbons (Fsp3) is 0.273. The van der Waals surface area contributed by atoms with E-state index in [2.05, 4.69) is 10.3 Å². The minimum atomic E-state index is -3.63. The maximum absolute atomic E-state index is 13.1. The Labute approximate surface area is 170 Å². The van der Waals surface area contributed by atoms with Crippen molar-refractivity contribution in [2.24, 2.45) is 0 Å². The molecule has 1 aromatic heterocycles. The second kappa shape index (κ2) is 7.93. The Kier molecular flexibility index (Phi) is 5.34. The molecule has 1 atom stereocenters. The standard InChI is InChI=1S/C22H23N3O3S/c1-16-7-4-5-12-25(16)29(27,28)20-10-6-9-18(14-20)22(26)24-19-13-17-8-2-3-11-21(17)23-15-19/h2-3,6,8-11,13-16H,4-5,7,12H2,1H3,(H,24,26). The van der Waals surface area contributed by atoms with Crippen LogP contribution in [-0.2, 0) is 10.0 Å². The molecule has 1 unspecified atom stereocenters. The van der Waals surface area contributed by atoms with Gasteiger partial charge < -0.3 is 5.32 Å². The van der Waals surface area contributed by atoms with Crippen molar-refractivity contribution >= 4 is 32.5 Å². The molecule has 29 heavy (non-hydrogen) atoms. The number of anilines is 1. The van der Waals surface area contributed by atoms with Crippen LogP contribution in [0.2, 0.25) is 0 Å². The van der Waals surface area contributed by atoms with Crippen LogP contribution in [0.3, 0.4) is 0 Å². The third-order valence-corrected chi connectivity index (χ3v) is 7.30. The molecule has 0 aliphatic carbocycles. The van der Waals surface area contributed by atoms with Gasteiger partial charge in [-0.05, 0) is 50.1 Å². The van der Waals surface area contributed by atoms with Crippen LogP contribution in [-0.4, -0.2) is 36.2 Å². The van der Waals surface area contributed by atoms with E-state index in [4.69, 9.17) is 0 Å². The second-order valence-corrected chi connectivity index (χ2v) is 9.25. The van der Waals surface area contributed by atoms with Crippen molar-refractivity contribution in [1.82, 2.24) is 9.29 Å². The Morgan fingerprint density at radius 3 is 2.76 bits per heavy atom. The molecular weight excluding hydrogens is 386 g/mol. The van der Waals surface area contributed by atoms with E-state index in [0.29, 0.717) is 17.8 Å². The molecule has 150 valence electrons. The number of carbonyl (C=O) groups is 1. The number of piperidine rings is 1. The quantitative estimate of drug-likeness (QED) is 0.705. The van der Waals surface area contributed by atoms with Crippen LogP contribution in [0.5, 0.6) is 0 Å². The number of nitrogens with one attached hydrogen (secondary N) is 1. The van der Waals surface area contributed by atoms with E-state index in [1.54, 1.807) is 28.7 Å². The van der Waals surface area contributed by atoms with Crippen LogP contribution >= 0.6 is 0 Å². The lowest BCUT2D eigenvalue weighted by Crippen LogP contribution is -2.41. The highest BCUT2D eigenvalue weighted by atomic mass is 32.2. The maximum atomic E-state index is 13.1. The lowest BCUT2D eigenvalue weighted by Gasteiger charge is -2.32. The number of hydrogen-bond donors (Lipinski definition) is 1. The fourth-order valence-electron chi connectivity index (χ4n) is 3.70. The summed E-state index contributed by atoms with van der Waals surface area (Å²) in [6.45, 7) is 2.45. The summed E-state index contributed by atoms with van der Waals surface area (Å²) in [4.78, 5) is 17.2. The first-order chi connectivity index (χ1) is 13.9. The molecule has 0 radical (unpaired) electrons. The van der Waals surface area contributed by atoms with Gasteiger partial charge in [0.15, 0.2) is 0 Å². The molecule has 1 amide bonds. The summed E-state index contributed by atoms with van der Waals surface area (Å²) in [7, 11) is -3.63. The van der Waals surface area contributed by atoms with Crippen LogP contribution in [0.25, 0.3) is 10.9 Å². The summed E-state index contributed by atoms with van der Waals surface area (Å²) in [5, 5.41) is 3.72. The molecule has 1 aliphatic heterocycles. The SMILES string of the molecule is CC1CCCCN1S(=O)(=O)c1cccc(C(=O)Nc2cnc3ccccc3c2)c1. The van der Waals surface area contributed by atoms with Gasteiger partial charge in [0.25, 0.3) is 5.91 Å². The number of nitrogens with zero attached hydrogens (tertiary/aromatic N) is 2. The first-order valence-electron chi connectivity index (χ1n) is 9.73. The average Bonchev–Trinajstić information content (AvgIpc) is 2.74. The molecule has 1 fully saturated rings. The topological polar surface area (TPSA) is 79.4 Å². The lowest BCUT2D eigenvalue weighted by atomic mass is 10.1.